The van der Waals surface area contributed by atoms with Crippen molar-refractivity contribution in [1.29, 1.82) is 0 Å². The van der Waals surface area contributed by atoms with Gasteiger partial charge in [-0.15, -0.1) is 0 Å². The standard InChI is InChI=1S/C9H24OS/c1-9(2)11(4,5,6)8-7-10-3/h9,11H,7-8H2,1-6H3. The van der Waals surface area contributed by atoms with Crippen molar-refractivity contribution in [3.05, 3.63) is 0 Å². The fourth-order valence-electron chi connectivity index (χ4n) is 0.676. The van der Waals surface area contributed by atoms with E-state index in [1.807, 2.05) is 0 Å². The van der Waals surface area contributed by atoms with Gasteiger partial charge in [-0.3, -0.25) is 9.16 Å². The molecule has 0 aliphatic carbocycles. The number of hydrogen-bond acceptors (Lipinski definition) is 1. The van der Waals surface area contributed by atoms with Gasteiger partial charge in [0.1, 0.15) is 0 Å². The maximum absolute atomic E-state index is 5.13. The maximum atomic E-state index is 5.13. The average molecular weight is 180 g/mol. The fraction of sp³-hybridized carbons (Fsp3) is 1.00. The molecule has 0 spiro atoms. The molecule has 2 heteroatoms. The Morgan fingerprint density at radius 2 is 1.64 bits per heavy atom. The molecule has 0 N–H and O–H groups in total. The second-order valence-electron chi connectivity index (χ2n) is 5.06. The lowest BCUT2D eigenvalue weighted by Gasteiger charge is -2.55. The second-order valence-corrected chi connectivity index (χ2v) is 13.0. The number of methoxy groups -OCH3 is 1. The molecule has 0 aliphatic rings. The fourth-order valence-corrected chi connectivity index (χ4v) is 2.03. The predicted molar refractivity (Wildman–Crippen MR) is 58.6 cm³/mol. The van der Waals surface area contributed by atoms with Gasteiger partial charge >= 0.3 is 0 Å². The molecule has 0 unspecified atom stereocenters. The molecule has 0 saturated heterocycles. The first-order valence-corrected chi connectivity index (χ1v) is 8.10. The van der Waals surface area contributed by atoms with Gasteiger partial charge in [0.15, 0.2) is 0 Å². The molecular formula is C9H24OS. The van der Waals surface area contributed by atoms with Gasteiger partial charge < -0.3 is 4.74 Å². The Balaban J connectivity index is 4.14. The van der Waals surface area contributed by atoms with E-state index in [0.717, 1.165) is 11.9 Å². The summed E-state index contributed by atoms with van der Waals surface area (Å²) in [5.74, 6) is 1.25. The van der Waals surface area contributed by atoms with Crippen molar-refractivity contribution in [3.63, 3.8) is 0 Å². The highest BCUT2D eigenvalue weighted by Gasteiger charge is 2.28. The molecule has 72 valence electrons. The topological polar surface area (TPSA) is 9.23 Å². The number of rotatable bonds is 4. The van der Waals surface area contributed by atoms with Crippen LogP contribution in [0.15, 0.2) is 0 Å². The van der Waals surface area contributed by atoms with Crippen molar-refractivity contribution >= 4 is 9.16 Å². The van der Waals surface area contributed by atoms with Gasteiger partial charge in [-0.05, 0) is 29.8 Å². The van der Waals surface area contributed by atoms with Gasteiger partial charge in [0, 0.05) is 7.11 Å². The van der Waals surface area contributed by atoms with Gasteiger partial charge in [0.25, 0.3) is 0 Å². The van der Waals surface area contributed by atoms with E-state index in [2.05, 4.69) is 32.6 Å². The predicted octanol–water partition coefficient (Wildman–Crippen LogP) is 2.00. The Kier molecular flexibility index (Phi) is 3.45. The third-order valence-corrected chi connectivity index (χ3v) is 8.62. The van der Waals surface area contributed by atoms with Crippen LogP contribution in [0.4, 0.5) is 0 Å². The van der Waals surface area contributed by atoms with Crippen LogP contribution in [0.1, 0.15) is 13.8 Å². The molecule has 0 rings (SSSR count). The molecule has 0 atom stereocenters. The van der Waals surface area contributed by atoms with Crippen molar-refractivity contribution in [2.24, 2.45) is 0 Å². The first-order valence-electron chi connectivity index (χ1n) is 4.27. The lowest BCUT2D eigenvalue weighted by molar-refractivity contribution is 0.218. The van der Waals surface area contributed by atoms with Crippen molar-refractivity contribution < 1.29 is 4.74 Å². The Labute approximate surface area is 71.8 Å². The Morgan fingerprint density at radius 1 is 1.18 bits per heavy atom. The summed E-state index contributed by atoms with van der Waals surface area (Å²) in [6.07, 6.45) is 7.32. The summed E-state index contributed by atoms with van der Waals surface area (Å²) in [5.41, 5.74) is 0. The van der Waals surface area contributed by atoms with Gasteiger partial charge in [-0.1, -0.05) is 13.8 Å². The third-order valence-electron chi connectivity index (χ3n) is 3.01. The molecule has 0 amide bonds. The quantitative estimate of drug-likeness (QED) is 0.651. The van der Waals surface area contributed by atoms with E-state index in [-0.39, 0.29) is 0 Å². The first-order chi connectivity index (χ1) is 4.78. The summed E-state index contributed by atoms with van der Waals surface area (Å²) in [7, 11) is 0.397. The molecule has 11 heavy (non-hydrogen) atoms. The first kappa shape index (κ1) is 11.3. The van der Waals surface area contributed by atoms with Crippen LogP contribution < -0.4 is 0 Å². The van der Waals surface area contributed by atoms with Gasteiger partial charge in [0.2, 0.25) is 0 Å². The van der Waals surface area contributed by atoms with E-state index in [9.17, 15) is 0 Å². The van der Waals surface area contributed by atoms with Crippen LogP contribution in [0.2, 0.25) is 0 Å². The highest BCUT2D eigenvalue weighted by atomic mass is 32.3. The largest absolute Gasteiger partial charge is 0.384 e. The van der Waals surface area contributed by atoms with Crippen molar-refractivity contribution in [2.45, 2.75) is 19.1 Å². The van der Waals surface area contributed by atoms with Crippen molar-refractivity contribution in [1.82, 2.24) is 0 Å². The molecule has 0 heterocycles. The normalized spacial score (nSPS) is 16.5. The zero-order valence-corrected chi connectivity index (χ0v) is 9.74. The lowest BCUT2D eigenvalue weighted by atomic mass is 10.6. The van der Waals surface area contributed by atoms with Crippen molar-refractivity contribution in [3.8, 4) is 0 Å². The summed E-state index contributed by atoms with van der Waals surface area (Å²) in [6.45, 7) is 5.57. The monoisotopic (exact) mass is 180 g/mol. The minimum atomic E-state index is -1.39. The number of thiol groups is 1. The molecular weight excluding hydrogens is 156 g/mol. The van der Waals surface area contributed by atoms with E-state index >= 15 is 0 Å². The molecule has 0 fully saturated rings. The Hall–Kier alpha value is 0.310. The van der Waals surface area contributed by atoms with E-state index in [1.165, 1.54) is 5.75 Å². The average Bonchev–Trinajstić information content (AvgIpc) is 1.83. The van der Waals surface area contributed by atoms with Crippen LogP contribution in [0.5, 0.6) is 0 Å². The van der Waals surface area contributed by atoms with Gasteiger partial charge in [-0.2, -0.15) is 0 Å². The molecule has 0 aromatic rings. The van der Waals surface area contributed by atoms with E-state index in [0.29, 0.717) is 0 Å². The van der Waals surface area contributed by atoms with E-state index in [1.54, 1.807) is 7.11 Å². The van der Waals surface area contributed by atoms with Crippen LogP contribution in [0, 0.1) is 0 Å². The van der Waals surface area contributed by atoms with Crippen molar-refractivity contribution in [2.75, 3.05) is 38.2 Å². The summed E-state index contributed by atoms with van der Waals surface area (Å²) in [4.78, 5) is 0. The minimum absolute atomic E-state index is 0.816. The number of ether oxygens (including phenoxy) is 1. The molecule has 0 aliphatic heterocycles. The summed E-state index contributed by atoms with van der Waals surface area (Å²) < 4.78 is 5.13. The molecule has 0 radical (unpaired) electrons. The van der Waals surface area contributed by atoms with Gasteiger partial charge in [0.05, 0.1) is 6.61 Å². The summed E-state index contributed by atoms with van der Waals surface area (Å²) in [6, 6.07) is 0. The zero-order chi connectivity index (χ0) is 9.15. The van der Waals surface area contributed by atoms with Crippen LogP contribution in [-0.4, -0.2) is 43.5 Å². The highest BCUT2D eigenvalue weighted by Crippen LogP contribution is 2.62. The SMILES string of the molecule is COCC[SH](C)(C)(C)C(C)C. The van der Waals surface area contributed by atoms with E-state index in [4.69, 9.17) is 4.74 Å². The van der Waals surface area contributed by atoms with Gasteiger partial charge in [-0.25, -0.2) is 0 Å². The summed E-state index contributed by atoms with van der Waals surface area (Å²) >= 11 is 0. The van der Waals surface area contributed by atoms with Crippen LogP contribution in [0.3, 0.4) is 0 Å². The Bertz CT molecular complexity index is 121. The molecule has 0 aromatic heterocycles. The van der Waals surface area contributed by atoms with E-state index < -0.39 is 9.16 Å². The molecule has 1 nitrogen and oxygen atoms in total. The van der Waals surface area contributed by atoms with Crippen LogP contribution in [0.25, 0.3) is 0 Å². The van der Waals surface area contributed by atoms with Crippen LogP contribution >= 0.6 is 9.16 Å². The van der Waals surface area contributed by atoms with Crippen LogP contribution in [-0.2, 0) is 4.74 Å². The minimum Gasteiger partial charge on any atom is -0.384 e. The summed E-state index contributed by atoms with van der Waals surface area (Å²) in [5, 5.41) is 0.816. The molecule has 0 saturated carbocycles. The Morgan fingerprint density at radius 3 is 1.91 bits per heavy atom. The second kappa shape index (κ2) is 3.36. The number of hydrogen-bond donors (Lipinski definition) is 1. The molecule has 0 bridgehead atoms. The smallest absolute Gasteiger partial charge is 0.0524 e. The maximum Gasteiger partial charge on any atom is 0.0524 e. The lowest BCUT2D eigenvalue weighted by Crippen LogP contribution is -2.29. The molecule has 0 aromatic carbocycles. The third kappa shape index (κ3) is 3.48. The zero-order valence-electron chi connectivity index (χ0n) is 8.85. The highest BCUT2D eigenvalue weighted by molar-refractivity contribution is 8.48.